The molecule has 0 bridgehead atoms. The van der Waals surface area contributed by atoms with Crippen LogP contribution in [0.15, 0.2) is 23.5 Å². The molecule has 1 N–H and O–H groups in total. The third-order valence-corrected chi connectivity index (χ3v) is 2.50. The van der Waals surface area contributed by atoms with Crippen LogP contribution in [-0.2, 0) is 0 Å². The fraction of sp³-hybridized carbons (Fsp3) is 0.600. The number of hydrogen-bond donors (Lipinski definition) is 1. The van der Waals surface area contributed by atoms with Crippen LogP contribution in [0, 0.1) is 5.92 Å². The Morgan fingerprint density at radius 3 is 2.73 bits per heavy atom. The summed E-state index contributed by atoms with van der Waals surface area (Å²) in [6, 6.07) is 0. The first-order valence-corrected chi connectivity index (χ1v) is 4.14. The lowest BCUT2D eigenvalue weighted by atomic mass is 9.85. The van der Waals surface area contributed by atoms with E-state index in [1.54, 1.807) is 0 Å². The lowest BCUT2D eigenvalue weighted by Gasteiger charge is -2.22. The van der Waals surface area contributed by atoms with E-state index in [2.05, 4.69) is 6.58 Å². The largest absolute Gasteiger partial charge is 0.512 e. The number of hydrogen-bond acceptors (Lipinski definition) is 1. The van der Waals surface area contributed by atoms with Gasteiger partial charge in [0.2, 0.25) is 0 Å². The highest BCUT2D eigenvalue weighted by Crippen LogP contribution is 2.31. The van der Waals surface area contributed by atoms with Gasteiger partial charge in [-0.3, -0.25) is 0 Å². The molecule has 0 saturated carbocycles. The Balaban J connectivity index is 2.64. The minimum Gasteiger partial charge on any atom is -0.512 e. The minimum absolute atomic E-state index is 0.513. The van der Waals surface area contributed by atoms with Crippen molar-refractivity contribution in [1.29, 1.82) is 0 Å². The van der Waals surface area contributed by atoms with Crippen molar-refractivity contribution in [3.63, 3.8) is 0 Å². The van der Waals surface area contributed by atoms with E-state index in [1.165, 1.54) is 5.57 Å². The van der Waals surface area contributed by atoms with Crippen molar-refractivity contribution in [2.75, 3.05) is 0 Å². The molecule has 0 saturated heterocycles. The van der Waals surface area contributed by atoms with Gasteiger partial charge < -0.3 is 5.11 Å². The van der Waals surface area contributed by atoms with Gasteiger partial charge in [-0.2, -0.15) is 0 Å². The van der Waals surface area contributed by atoms with Crippen LogP contribution in [-0.4, -0.2) is 5.11 Å². The average molecular weight is 152 g/mol. The zero-order valence-electron chi connectivity index (χ0n) is 7.35. The van der Waals surface area contributed by atoms with E-state index in [0.29, 0.717) is 11.7 Å². The van der Waals surface area contributed by atoms with E-state index in [-0.39, 0.29) is 0 Å². The van der Waals surface area contributed by atoms with E-state index in [4.69, 9.17) is 0 Å². The molecule has 1 unspecified atom stereocenters. The van der Waals surface area contributed by atoms with E-state index in [1.807, 2.05) is 13.8 Å². The maximum Gasteiger partial charge on any atom is 0.0917 e. The van der Waals surface area contributed by atoms with Crippen LogP contribution >= 0.6 is 0 Å². The van der Waals surface area contributed by atoms with Gasteiger partial charge >= 0.3 is 0 Å². The summed E-state index contributed by atoms with van der Waals surface area (Å²) in [4.78, 5) is 0. The normalized spacial score (nSPS) is 25.5. The Hall–Kier alpha value is -0.720. The lowest BCUT2D eigenvalue weighted by Crippen LogP contribution is -2.09. The summed E-state index contributed by atoms with van der Waals surface area (Å²) in [6.45, 7) is 7.95. The Labute approximate surface area is 68.4 Å². The zero-order valence-corrected chi connectivity index (χ0v) is 7.35. The second kappa shape index (κ2) is 3.12. The molecule has 1 aliphatic carbocycles. The first-order chi connectivity index (χ1) is 5.11. The van der Waals surface area contributed by atoms with Gasteiger partial charge in [0, 0.05) is 6.42 Å². The van der Waals surface area contributed by atoms with Gasteiger partial charge in [0.15, 0.2) is 0 Å². The molecule has 0 aromatic rings. The number of allylic oxidation sites excluding steroid dienone is 3. The van der Waals surface area contributed by atoms with Gasteiger partial charge in [-0.1, -0.05) is 12.2 Å². The first kappa shape index (κ1) is 8.38. The topological polar surface area (TPSA) is 20.2 Å². The van der Waals surface area contributed by atoms with Gasteiger partial charge in [-0.15, -0.1) is 0 Å². The van der Waals surface area contributed by atoms with Crippen molar-refractivity contribution in [3.05, 3.63) is 23.5 Å². The van der Waals surface area contributed by atoms with E-state index >= 15 is 0 Å². The highest BCUT2D eigenvalue weighted by Gasteiger charge is 2.18. The summed E-state index contributed by atoms with van der Waals surface area (Å²) in [5.41, 5.74) is 2.35. The Bertz CT molecular complexity index is 201. The van der Waals surface area contributed by atoms with Crippen molar-refractivity contribution in [3.8, 4) is 0 Å². The molecule has 0 aromatic carbocycles. The fourth-order valence-electron chi connectivity index (χ4n) is 1.47. The molecule has 1 aliphatic rings. The van der Waals surface area contributed by atoms with Gasteiger partial charge in [0.05, 0.1) is 5.76 Å². The van der Waals surface area contributed by atoms with Crippen molar-refractivity contribution in [2.24, 2.45) is 5.92 Å². The van der Waals surface area contributed by atoms with E-state index < -0.39 is 0 Å². The molecular formula is C10H16O. The summed E-state index contributed by atoms with van der Waals surface area (Å²) in [6.07, 6.45) is 3.00. The molecular weight excluding hydrogens is 136 g/mol. The van der Waals surface area contributed by atoms with Crippen LogP contribution in [0.4, 0.5) is 0 Å². The molecule has 0 fully saturated rings. The van der Waals surface area contributed by atoms with Crippen LogP contribution in [0.2, 0.25) is 0 Å². The van der Waals surface area contributed by atoms with Crippen LogP contribution in [0.5, 0.6) is 0 Å². The molecule has 0 amide bonds. The quantitative estimate of drug-likeness (QED) is 0.572. The summed E-state index contributed by atoms with van der Waals surface area (Å²) in [5.74, 6) is 1.10. The molecule has 1 heteroatoms. The zero-order chi connectivity index (χ0) is 8.43. The van der Waals surface area contributed by atoms with E-state index in [9.17, 15) is 5.11 Å². The molecule has 1 nitrogen and oxygen atoms in total. The predicted octanol–water partition coefficient (Wildman–Crippen LogP) is 3.19. The molecule has 0 aliphatic heterocycles. The van der Waals surface area contributed by atoms with Crippen LogP contribution < -0.4 is 0 Å². The SMILES string of the molecule is C=C(C)C1CCC(C)=C(O)C1. The molecule has 1 rings (SSSR count). The van der Waals surface area contributed by atoms with Crippen LogP contribution in [0.1, 0.15) is 33.1 Å². The Kier molecular flexibility index (Phi) is 2.38. The van der Waals surface area contributed by atoms with Crippen LogP contribution in [0.25, 0.3) is 0 Å². The monoisotopic (exact) mass is 152 g/mol. The summed E-state index contributed by atoms with van der Waals surface area (Å²) < 4.78 is 0. The van der Waals surface area contributed by atoms with Gasteiger partial charge in [-0.25, -0.2) is 0 Å². The van der Waals surface area contributed by atoms with Crippen LogP contribution in [0.3, 0.4) is 0 Å². The van der Waals surface area contributed by atoms with Crippen molar-refractivity contribution in [2.45, 2.75) is 33.1 Å². The maximum atomic E-state index is 9.44. The lowest BCUT2D eigenvalue weighted by molar-refractivity contribution is 0.329. The number of aliphatic hydroxyl groups excluding tert-OH is 1. The molecule has 11 heavy (non-hydrogen) atoms. The average Bonchev–Trinajstić information content (AvgIpc) is 1.94. The van der Waals surface area contributed by atoms with Gasteiger partial charge in [0.1, 0.15) is 0 Å². The van der Waals surface area contributed by atoms with Gasteiger partial charge in [0.25, 0.3) is 0 Å². The van der Waals surface area contributed by atoms with Crippen molar-refractivity contribution < 1.29 is 5.11 Å². The standard InChI is InChI=1S/C10H16O/c1-7(2)9-5-4-8(3)10(11)6-9/h9,11H,1,4-6H2,2-3H3. The van der Waals surface area contributed by atoms with Crippen molar-refractivity contribution in [1.82, 2.24) is 0 Å². The smallest absolute Gasteiger partial charge is 0.0917 e. The van der Waals surface area contributed by atoms with E-state index in [0.717, 1.165) is 24.8 Å². The highest BCUT2D eigenvalue weighted by molar-refractivity contribution is 5.14. The molecule has 0 heterocycles. The van der Waals surface area contributed by atoms with Crippen molar-refractivity contribution >= 4 is 0 Å². The predicted molar refractivity (Wildman–Crippen MR) is 47.5 cm³/mol. The summed E-state index contributed by atoms with van der Waals surface area (Å²) in [7, 11) is 0. The molecule has 0 spiro atoms. The summed E-state index contributed by atoms with van der Waals surface area (Å²) >= 11 is 0. The Morgan fingerprint density at radius 2 is 2.27 bits per heavy atom. The maximum absolute atomic E-state index is 9.44. The molecule has 0 aromatic heterocycles. The number of rotatable bonds is 1. The second-order valence-corrected chi connectivity index (χ2v) is 3.51. The highest BCUT2D eigenvalue weighted by atomic mass is 16.3. The van der Waals surface area contributed by atoms with Gasteiger partial charge in [-0.05, 0) is 38.2 Å². The first-order valence-electron chi connectivity index (χ1n) is 4.14. The summed E-state index contributed by atoms with van der Waals surface area (Å²) in [5, 5.41) is 9.44. The molecule has 0 radical (unpaired) electrons. The molecule has 1 atom stereocenters. The Morgan fingerprint density at radius 1 is 1.64 bits per heavy atom. The molecule has 62 valence electrons. The number of aliphatic hydroxyl groups is 1. The second-order valence-electron chi connectivity index (χ2n) is 3.51. The minimum atomic E-state index is 0.513. The fourth-order valence-corrected chi connectivity index (χ4v) is 1.47. The third-order valence-electron chi connectivity index (χ3n) is 2.50. The third kappa shape index (κ3) is 1.86.